The van der Waals surface area contributed by atoms with Gasteiger partial charge in [0, 0.05) is 42.4 Å². The zero-order chi connectivity index (χ0) is 15.1. The molecule has 1 aromatic heterocycles. The lowest BCUT2D eigenvalue weighted by molar-refractivity contribution is 0.164. The summed E-state index contributed by atoms with van der Waals surface area (Å²) in [6.07, 6.45) is 5.54. The number of para-hydroxylation sites is 1. The molecule has 0 aliphatic carbocycles. The molecule has 2 bridgehead atoms. The van der Waals surface area contributed by atoms with Gasteiger partial charge in [-0.3, -0.25) is 4.90 Å². The lowest BCUT2D eigenvalue weighted by Crippen LogP contribution is -2.37. The fraction of sp³-hybridized carbons (Fsp3) is 0.444. The lowest BCUT2D eigenvalue weighted by atomic mass is 9.98. The van der Waals surface area contributed by atoms with Crippen LogP contribution in [0.15, 0.2) is 30.5 Å². The van der Waals surface area contributed by atoms with Crippen molar-refractivity contribution in [3.05, 3.63) is 53.1 Å². The number of nitrogens with zero attached hydrogens (tertiary/aromatic N) is 3. The van der Waals surface area contributed by atoms with E-state index in [1.165, 1.54) is 29.7 Å². The van der Waals surface area contributed by atoms with E-state index in [0.29, 0.717) is 12.1 Å². The Morgan fingerprint density at radius 2 is 2.14 bits per heavy atom. The van der Waals surface area contributed by atoms with Crippen LogP contribution in [-0.2, 0) is 13.0 Å². The van der Waals surface area contributed by atoms with Crippen molar-refractivity contribution in [1.82, 2.24) is 14.9 Å². The van der Waals surface area contributed by atoms with Crippen molar-refractivity contribution >= 4 is 0 Å². The molecule has 3 heterocycles. The number of hydrogen-bond acceptors (Lipinski definition) is 4. The average Bonchev–Trinajstić information content (AvgIpc) is 2.81. The molecule has 0 saturated carbocycles. The van der Waals surface area contributed by atoms with Gasteiger partial charge in [0.1, 0.15) is 11.6 Å². The van der Waals surface area contributed by atoms with E-state index in [-0.39, 0.29) is 0 Å². The molecule has 0 spiro atoms. The van der Waals surface area contributed by atoms with Gasteiger partial charge in [0.2, 0.25) is 0 Å². The van der Waals surface area contributed by atoms with Crippen LogP contribution in [0.25, 0.3) is 0 Å². The van der Waals surface area contributed by atoms with E-state index in [4.69, 9.17) is 4.74 Å². The van der Waals surface area contributed by atoms with Gasteiger partial charge in [0.25, 0.3) is 0 Å². The van der Waals surface area contributed by atoms with Gasteiger partial charge >= 0.3 is 0 Å². The van der Waals surface area contributed by atoms with Crippen molar-refractivity contribution in [3.63, 3.8) is 0 Å². The van der Waals surface area contributed by atoms with Crippen LogP contribution in [0.2, 0.25) is 0 Å². The van der Waals surface area contributed by atoms with Crippen molar-refractivity contribution in [2.24, 2.45) is 0 Å². The molecule has 0 N–H and O–H groups in total. The Bertz CT molecular complexity index is 700. The summed E-state index contributed by atoms with van der Waals surface area (Å²) >= 11 is 0. The third kappa shape index (κ3) is 2.18. The number of hydrogen-bond donors (Lipinski definition) is 0. The minimum Gasteiger partial charge on any atom is -0.496 e. The second-order valence-corrected chi connectivity index (χ2v) is 6.25. The number of rotatable bonds is 3. The second kappa shape index (κ2) is 5.36. The molecule has 2 atom stereocenters. The molecule has 0 amide bonds. The fourth-order valence-corrected chi connectivity index (χ4v) is 3.95. The third-order valence-electron chi connectivity index (χ3n) is 5.00. The minimum atomic E-state index is 0.458. The Labute approximate surface area is 131 Å². The predicted molar refractivity (Wildman–Crippen MR) is 84.8 cm³/mol. The summed E-state index contributed by atoms with van der Waals surface area (Å²) in [5, 5.41) is 0. The quantitative estimate of drug-likeness (QED) is 0.872. The molecule has 4 nitrogen and oxygen atoms in total. The Kier molecular flexibility index (Phi) is 3.34. The first-order chi connectivity index (χ1) is 10.8. The number of ether oxygens (including phenoxy) is 1. The van der Waals surface area contributed by atoms with Crippen LogP contribution in [0.3, 0.4) is 0 Å². The van der Waals surface area contributed by atoms with E-state index in [0.717, 1.165) is 24.5 Å². The van der Waals surface area contributed by atoms with Gasteiger partial charge < -0.3 is 4.74 Å². The lowest BCUT2D eigenvalue weighted by Gasteiger charge is -2.35. The number of methoxy groups -OCH3 is 1. The summed E-state index contributed by atoms with van der Waals surface area (Å²) in [6.45, 7) is 2.91. The Balaban J connectivity index is 1.66. The molecule has 2 unspecified atom stereocenters. The van der Waals surface area contributed by atoms with Gasteiger partial charge in [-0.2, -0.15) is 0 Å². The first kappa shape index (κ1) is 13.7. The summed E-state index contributed by atoms with van der Waals surface area (Å²) < 4.78 is 5.51. The van der Waals surface area contributed by atoms with Crippen LogP contribution >= 0.6 is 0 Å². The number of aryl methyl sites for hydroxylation is 1. The molecular weight excluding hydrogens is 274 g/mol. The fourth-order valence-electron chi connectivity index (χ4n) is 3.95. The van der Waals surface area contributed by atoms with Crippen LogP contribution in [0, 0.1) is 6.92 Å². The van der Waals surface area contributed by atoms with Gasteiger partial charge in [-0.25, -0.2) is 9.97 Å². The molecule has 22 heavy (non-hydrogen) atoms. The normalized spacial score (nSPS) is 23.4. The summed E-state index contributed by atoms with van der Waals surface area (Å²) in [7, 11) is 1.75. The zero-order valence-electron chi connectivity index (χ0n) is 13.1. The van der Waals surface area contributed by atoms with Crippen LogP contribution in [0.4, 0.5) is 0 Å². The summed E-state index contributed by atoms with van der Waals surface area (Å²) in [4.78, 5) is 11.7. The molecule has 2 aliphatic heterocycles. The van der Waals surface area contributed by atoms with Gasteiger partial charge in [-0.1, -0.05) is 18.2 Å². The molecule has 1 fully saturated rings. The number of fused-ring (bicyclic) bond motifs is 4. The van der Waals surface area contributed by atoms with E-state index in [1.807, 2.05) is 25.3 Å². The first-order valence-corrected chi connectivity index (χ1v) is 7.96. The Hall–Kier alpha value is -1.94. The highest BCUT2D eigenvalue weighted by molar-refractivity contribution is 5.35. The number of benzene rings is 1. The van der Waals surface area contributed by atoms with Crippen molar-refractivity contribution in [2.45, 2.75) is 44.8 Å². The van der Waals surface area contributed by atoms with Crippen molar-refractivity contribution in [1.29, 1.82) is 0 Å². The average molecular weight is 295 g/mol. The van der Waals surface area contributed by atoms with Crippen molar-refractivity contribution in [3.8, 4) is 5.75 Å². The van der Waals surface area contributed by atoms with E-state index in [1.54, 1.807) is 7.11 Å². The smallest absolute Gasteiger partial charge is 0.125 e. The van der Waals surface area contributed by atoms with Crippen LogP contribution in [0.5, 0.6) is 5.75 Å². The van der Waals surface area contributed by atoms with E-state index in [2.05, 4.69) is 27.0 Å². The molecule has 4 heteroatoms. The zero-order valence-corrected chi connectivity index (χ0v) is 13.1. The summed E-state index contributed by atoms with van der Waals surface area (Å²) in [6, 6.07) is 9.38. The predicted octanol–water partition coefficient (Wildman–Crippen LogP) is 3.06. The highest BCUT2D eigenvalue weighted by Crippen LogP contribution is 2.44. The van der Waals surface area contributed by atoms with Crippen LogP contribution in [0.1, 0.15) is 41.5 Å². The summed E-state index contributed by atoms with van der Waals surface area (Å²) in [5.74, 6) is 1.86. The Morgan fingerprint density at radius 1 is 1.27 bits per heavy atom. The molecule has 0 radical (unpaired) electrons. The largest absolute Gasteiger partial charge is 0.496 e. The maximum Gasteiger partial charge on any atom is 0.125 e. The SMILES string of the molecule is COc1ccccc1CN1C2CCC1c1cnc(C)nc1C2. The molecule has 1 aromatic carbocycles. The van der Waals surface area contributed by atoms with E-state index < -0.39 is 0 Å². The number of aromatic nitrogens is 2. The van der Waals surface area contributed by atoms with Gasteiger partial charge in [-0.05, 0) is 25.8 Å². The summed E-state index contributed by atoms with van der Waals surface area (Å²) in [5.41, 5.74) is 3.85. The van der Waals surface area contributed by atoms with Crippen molar-refractivity contribution in [2.75, 3.05) is 7.11 Å². The molecule has 2 aliphatic rings. The second-order valence-electron chi connectivity index (χ2n) is 6.25. The monoisotopic (exact) mass is 295 g/mol. The van der Waals surface area contributed by atoms with E-state index >= 15 is 0 Å². The highest BCUT2D eigenvalue weighted by Gasteiger charge is 2.40. The maximum absolute atomic E-state index is 5.51. The van der Waals surface area contributed by atoms with Gasteiger partial charge in [0.05, 0.1) is 12.8 Å². The van der Waals surface area contributed by atoms with E-state index in [9.17, 15) is 0 Å². The molecule has 1 saturated heterocycles. The highest BCUT2D eigenvalue weighted by atomic mass is 16.5. The molecule has 4 rings (SSSR count). The topological polar surface area (TPSA) is 38.2 Å². The van der Waals surface area contributed by atoms with Gasteiger partial charge in [0.15, 0.2) is 0 Å². The maximum atomic E-state index is 5.51. The van der Waals surface area contributed by atoms with Crippen LogP contribution < -0.4 is 4.74 Å². The minimum absolute atomic E-state index is 0.458. The standard InChI is InChI=1S/C18H21N3O/c1-12-19-10-15-16(20-12)9-14-7-8-17(15)21(14)11-13-5-3-4-6-18(13)22-2/h3-6,10,14,17H,7-9,11H2,1-2H3. The van der Waals surface area contributed by atoms with Gasteiger partial charge in [-0.15, -0.1) is 0 Å². The third-order valence-corrected chi connectivity index (χ3v) is 5.00. The molecule has 114 valence electrons. The molecular formula is C18H21N3O. The van der Waals surface area contributed by atoms with Crippen LogP contribution in [-0.4, -0.2) is 28.0 Å². The Morgan fingerprint density at radius 3 is 3.00 bits per heavy atom. The first-order valence-electron chi connectivity index (χ1n) is 7.96. The van der Waals surface area contributed by atoms with Crippen molar-refractivity contribution < 1.29 is 4.74 Å². The molecule has 2 aromatic rings.